The number of hydrogen-bond acceptors (Lipinski definition) is 5. The van der Waals surface area contributed by atoms with Crippen molar-refractivity contribution in [2.75, 3.05) is 11.4 Å². The Labute approximate surface area is 201 Å². The van der Waals surface area contributed by atoms with Crippen molar-refractivity contribution in [2.24, 2.45) is 0 Å². The maximum absolute atomic E-state index is 14.3. The van der Waals surface area contributed by atoms with Gasteiger partial charge in [-0.25, -0.2) is 22.3 Å². The molecule has 0 saturated heterocycles. The Balaban J connectivity index is 2.44. The van der Waals surface area contributed by atoms with E-state index in [4.69, 9.17) is 4.74 Å². The summed E-state index contributed by atoms with van der Waals surface area (Å²) in [7, 11) is -4.45. The van der Waals surface area contributed by atoms with E-state index in [-0.39, 0.29) is 12.2 Å². The second kappa shape index (κ2) is 10.7. The van der Waals surface area contributed by atoms with Gasteiger partial charge in [-0.2, -0.15) is 13.2 Å². The highest BCUT2D eigenvalue weighted by atomic mass is 32.2. The third-order valence-corrected chi connectivity index (χ3v) is 5.98. The molecule has 7 nitrogen and oxygen atoms in total. The first-order valence-electron chi connectivity index (χ1n) is 10.5. The summed E-state index contributed by atoms with van der Waals surface area (Å²) in [6.45, 7) is 8.52. The number of sulfonamides is 1. The van der Waals surface area contributed by atoms with Crippen LogP contribution in [0.5, 0.6) is 0 Å². The Morgan fingerprint density at radius 2 is 1.89 bits per heavy atom. The van der Waals surface area contributed by atoms with Gasteiger partial charge in [0.1, 0.15) is 22.9 Å². The molecule has 0 aliphatic carbocycles. The van der Waals surface area contributed by atoms with Crippen LogP contribution in [0.25, 0.3) is 6.08 Å². The minimum absolute atomic E-state index is 0.194. The van der Waals surface area contributed by atoms with Gasteiger partial charge in [0.2, 0.25) is 10.0 Å². The summed E-state index contributed by atoms with van der Waals surface area (Å²) in [5.41, 5.74) is 0.332. The van der Waals surface area contributed by atoms with Gasteiger partial charge in [-0.05, 0) is 57.0 Å². The number of anilines is 1. The minimum atomic E-state index is -4.72. The van der Waals surface area contributed by atoms with Gasteiger partial charge < -0.3 is 4.74 Å². The van der Waals surface area contributed by atoms with E-state index < -0.39 is 45.2 Å². The van der Waals surface area contributed by atoms with E-state index >= 15 is 0 Å². The fraction of sp³-hybridized carbons (Fsp3) is 0.391. The lowest BCUT2D eigenvalue weighted by Crippen LogP contribution is -2.37. The summed E-state index contributed by atoms with van der Waals surface area (Å²) in [6, 6.07) is 5.08. The predicted octanol–water partition coefficient (Wildman–Crippen LogP) is 5.21. The van der Waals surface area contributed by atoms with E-state index in [0.717, 1.165) is 12.3 Å². The van der Waals surface area contributed by atoms with Gasteiger partial charge in [0.25, 0.3) is 0 Å². The third-order valence-electron chi connectivity index (χ3n) is 4.59. The molecule has 0 spiro atoms. The second-order valence-electron chi connectivity index (χ2n) is 8.55. The summed E-state index contributed by atoms with van der Waals surface area (Å²) in [6.07, 6.45) is -2.86. The summed E-state index contributed by atoms with van der Waals surface area (Å²) in [5, 5.41) is 0. The number of benzene rings is 1. The minimum Gasteiger partial charge on any atom is -0.443 e. The number of nitrogens with one attached hydrogen (secondary N) is 1. The van der Waals surface area contributed by atoms with Crippen molar-refractivity contribution in [1.82, 2.24) is 9.71 Å². The molecule has 2 aromatic rings. The van der Waals surface area contributed by atoms with E-state index in [1.165, 1.54) is 33.9 Å². The Kier molecular flexibility index (Phi) is 8.66. The number of rotatable bonds is 8. The number of alkyl halides is 3. The molecular formula is C23H27F4N3O4S. The van der Waals surface area contributed by atoms with E-state index in [2.05, 4.69) is 11.6 Å². The number of carbonyl (C=O) groups excluding carboxylic acids is 1. The maximum Gasteiger partial charge on any atom is 0.415 e. The summed E-state index contributed by atoms with van der Waals surface area (Å²) >= 11 is 0. The van der Waals surface area contributed by atoms with Crippen molar-refractivity contribution < 1.29 is 35.5 Å². The standard InChI is InChI=1S/C23H27F4N3O4S/c1-6-15-11-20(16(7-2)10-19(15)24)30(21(31)34-22(3,4)5)13-17-8-9-18(12-28-17)35(32,33)29-14-23(25,26)27/h7-12,29H,2,6,13-14H2,1,3-5H3. The number of carbonyl (C=O) groups is 1. The van der Waals surface area contributed by atoms with Crippen LogP contribution in [0.3, 0.4) is 0 Å². The van der Waals surface area contributed by atoms with Crippen LogP contribution < -0.4 is 9.62 Å². The van der Waals surface area contributed by atoms with E-state index in [9.17, 15) is 30.8 Å². The number of pyridine rings is 1. The van der Waals surface area contributed by atoms with Gasteiger partial charge >= 0.3 is 12.3 Å². The molecule has 1 heterocycles. The molecule has 2 rings (SSSR count). The molecule has 1 amide bonds. The maximum atomic E-state index is 14.3. The molecule has 0 saturated carbocycles. The number of aromatic nitrogens is 1. The lowest BCUT2D eigenvalue weighted by molar-refractivity contribution is -0.121. The van der Waals surface area contributed by atoms with Gasteiger partial charge in [-0.15, -0.1) is 0 Å². The summed E-state index contributed by atoms with van der Waals surface area (Å²) < 4.78 is 82.6. The molecule has 192 valence electrons. The fourth-order valence-electron chi connectivity index (χ4n) is 2.94. The molecule has 0 radical (unpaired) electrons. The highest BCUT2D eigenvalue weighted by Gasteiger charge is 2.30. The molecule has 0 unspecified atom stereocenters. The molecule has 0 aliphatic heterocycles. The van der Waals surface area contributed by atoms with Gasteiger partial charge in [0, 0.05) is 11.8 Å². The Morgan fingerprint density at radius 1 is 1.23 bits per heavy atom. The Morgan fingerprint density at radius 3 is 2.37 bits per heavy atom. The van der Waals surface area contributed by atoms with E-state index in [1.54, 1.807) is 27.7 Å². The van der Waals surface area contributed by atoms with Crippen LogP contribution in [0.4, 0.5) is 28.0 Å². The number of nitrogens with zero attached hydrogens (tertiary/aromatic N) is 2. The van der Waals surface area contributed by atoms with Gasteiger partial charge in [0.05, 0.1) is 17.9 Å². The molecular weight excluding hydrogens is 490 g/mol. The van der Waals surface area contributed by atoms with Crippen molar-refractivity contribution in [3.8, 4) is 0 Å². The highest BCUT2D eigenvalue weighted by Crippen LogP contribution is 2.29. The molecule has 12 heteroatoms. The second-order valence-corrected chi connectivity index (χ2v) is 10.3. The molecule has 0 atom stereocenters. The van der Waals surface area contributed by atoms with Crippen LogP contribution in [0.15, 0.2) is 41.9 Å². The molecule has 0 aliphatic rings. The summed E-state index contributed by atoms with van der Waals surface area (Å²) in [4.78, 5) is 17.8. The zero-order valence-electron chi connectivity index (χ0n) is 19.7. The lowest BCUT2D eigenvalue weighted by Gasteiger charge is -2.29. The zero-order valence-corrected chi connectivity index (χ0v) is 20.6. The van der Waals surface area contributed by atoms with E-state index in [1.807, 2.05) is 0 Å². The number of ether oxygens (including phenoxy) is 1. The average molecular weight is 518 g/mol. The Bertz CT molecular complexity index is 1170. The SMILES string of the molecule is C=Cc1cc(F)c(CC)cc1N(Cc1ccc(S(=O)(=O)NCC(F)(F)F)cn1)C(=O)OC(C)(C)C. The number of hydrogen-bond donors (Lipinski definition) is 1. The van der Waals surface area contributed by atoms with Gasteiger partial charge in [-0.3, -0.25) is 9.88 Å². The van der Waals surface area contributed by atoms with Crippen molar-refractivity contribution in [1.29, 1.82) is 0 Å². The topological polar surface area (TPSA) is 88.6 Å². The largest absolute Gasteiger partial charge is 0.443 e. The van der Waals surface area contributed by atoms with Crippen LogP contribution in [0.2, 0.25) is 0 Å². The van der Waals surface area contributed by atoms with Gasteiger partial charge in [-0.1, -0.05) is 19.6 Å². The van der Waals surface area contributed by atoms with Crippen LogP contribution in [0, 0.1) is 5.82 Å². The van der Waals surface area contributed by atoms with E-state index in [0.29, 0.717) is 23.2 Å². The normalized spacial score (nSPS) is 12.3. The van der Waals surface area contributed by atoms with Crippen LogP contribution in [-0.2, 0) is 27.7 Å². The van der Waals surface area contributed by atoms with Crippen LogP contribution >= 0.6 is 0 Å². The number of halogens is 4. The van der Waals surface area contributed by atoms with Crippen molar-refractivity contribution >= 4 is 27.9 Å². The number of amides is 1. The first kappa shape index (κ1) is 28.2. The van der Waals surface area contributed by atoms with Crippen LogP contribution in [-0.4, -0.2) is 37.8 Å². The monoisotopic (exact) mass is 517 g/mol. The third kappa shape index (κ3) is 8.03. The Hall–Kier alpha value is -2.99. The van der Waals surface area contributed by atoms with Crippen molar-refractivity contribution in [2.45, 2.75) is 57.3 Å². The van der Waals surface area contributed by atoms with Crippen LogP contribution in [0.1, 0.15) is 44.5 Å². The highest BCUT2D eigenvalue weighted by molar-refractivity contribution is 7.89. The first-order chi connectivity index (χ1) is 16.1. The molecule has 35 heavy (non-hydrogen) atoms. The summed E-state index contributed by atoms with van der Waals surface area (Å²) in [5.74, 6) is -0.464. The molecule has 1 N–H and O–H groups in total. The number of aryl methyl sites for hydroxylation is 1. The molecule has 1 aromatic carbocycles. The predicted molar refractivity (Wildman–Crippen MR) is 124 cm³/mol. The smallest absolute Gasteiger partial charge is 0.415 e. The quantitative estimate of drug-likeness (QED) is 0.486. The lowest BCUT2D eigenvalue weighted by atomic mass is 10.0. The van der Waals surface area contributed by atoms with Crippen molar-refractivity contribution in [3.05, 3.63) is 59.7 Å². The van der Waals surface area contributed by atoms with Crippen molar-refractivity contribution in [3.63, 3.8) is 0 Å². The average Bonchev–Trinajstić information content (AvgIpc) is 2.74. The van der Waals surface area contributed by atoms with Gasteiger partial charge in [0.15, 0.2) is 0 Å². The fourth-order valence-corrected chi connectivity index (χ4v) is 3.90. The molecule has 0 fully saturated rings. The molecule has 0 bridgehead atoms. The first-order valence-corrected chi connectivity index (χ1v) is 12.0. The zero-order chi connectivity index (χ0) is 26.6. The molecule has 1 aromatic heterocycles.